The van der Waals surface area contributed by atoms with Crippen LogP contribution in [-0.4, -0.2) is 45.1 Å². The summed E-state index contributed by atoms with van der Waals surface area (Å²) in [5.74, 6) is 0.196. The quantitative estimate of drug-likeness (QED) is 0.0770. The molecule has 308 valence electrons. The molecule has 0 radical (unpaired) electrons. The fourth-order valence-corrected chi connectivity index (χ4v) is 9.88. The highest BCUT2D eigenvalue weighted by Crippen LogP contribution is 2.42. The third-order valence-electron chi connectivity index (χ3n) is 12.0. The molecule has 6 aromatic rings. The predicted octanol–water partition coefficient (Wildman–Crippen LogP) is 11.4. The van der Waals surface area contributed by atoms with Gasteiger partial charge < -0.3 is 15.1 Å². The van der Waals surface area contributed by atoms with Gasteiger partial charge in [0.15, 0.2) is 0 Å². The molecule has 0 spiro atoms. The minimum atomic E-state index is -4.46. The van der Waals surface area contributed by atoms with E-state index in [2.05, 4.69) is 115 Å². The number of hydrogen-bond donors (Lipinski definition) is 3. The lowest BCUT2D eigenvalue weighted by Crippen LogP contribution is -2.30. The number of para-hydroxylation sites is 1. The summed E-state index contributed by atoms with van der Waals surface area (Å²) in [4.78, 5) is 4.10. The Bertz CT molecular complexity index is 2680. The Morgan fingerprint density at radius 3 is 1.71 bits per heavy atom. The van der Waals surface area contributed by atoms with Gasteiger partial charge in [-0.15, -0.1) is 0 Å². The molecule has 6 aromatic carbocycles. The summed E-state index contributed by atoms with van der Waals surface area (Å²) in [6.45, 7) is 11.8. The number of benzene rings is 6. The molecule has 0 aromatic heterocycles. The zero-order valence-corrected chi connectivity index (χ0v) is 35.9. The lowest BCUT2D eigenvalue weighted by Gasteiger charge is -2.31. The first-order valence-corrected chi connectivity index (χ1v) is 23.3. The summed E-state index contributed by atoms with van der Waals surface area (Å²) in [7, 11) is -8.80. The van der Waals surface area contributed by atoms with Gasteiger partial charge in [-0.2, -0.15) is 16.8 Å². The van der Waals surface area contributed by atoms with Gasteiger partial charge in [-0.05, 0) is 146 Å². The highest BCUT2D eigenvalue weighted by atomic mass is 32.2. The molecule has 0 bridgehead atoms. The third kappa shape index (κ3) is 8.89. The molecule has 1 aliphatic carbocycles. The summed E-state index contributed by atoms with van der Waals surface area (Å²) < 4.78 is 68.5. The average molecular weight is 832 g/mol. The molecule has 1 fully saturated rings. The van der Waals surface area contributed by atoms with Crippen molar-refractivity contribution in [2.24, 2.45) is 5.92 Å². The molecule has 11 heteroatoms. The van der Waals surface area contributed by atoms with Crippen molar-refractivity contribution in [3.8, 4) is 0 Å². The van der Waals surface area contributed by atoms with Crippen molar-refractivity contribution in [3.63, 3.8) is 0 Å². The van der Waals surface area contributed by atoms with Crippen LogP contribution in [0.1, 0.15) is 80.2 Å². The van der Waals surface area contributed by atoms with Gasteiger partial charge in [0.25, 0.3) is 20.2 Å². The highest BCUT2D eigenvalue weighted by Gasteiger charge is 2.26. The number of rotatable bonds is 13. The maximum Gasteiger partial charge on any atom is 0.294 e. The molecule has 3 atom stereocenters. The second kappa shape index (κ2) is 17.2. The smallest absolute Gasteiger partial charge is 0.294 e. The van der Waals surface area contributed by atoms with Crippen LogP contribution in [0, 0.1) is 19.8 Å². The maximum atomic E-state index is 12.5. The standard InChI is InChI=1S/C48H53N3O6S2/c1-6-50(46-15-11-9-13-33(46)4)37-20-16-35(17-21-37)48(36-18-22-38(23-19-36)51(7-2)47-29-25-39(30-34(47)5)58(52,53)54)42-27-28-45(49-44-14-10-8-12-32(44)3)43-31-40(59(55,56)57)24-26-41(42)43/h9,11,13,15-32,44,48-49H,6-8,10,12,14H2,1-5H3,(H,52,53,54)(H,55,56,57). The van der Waals surface area contributed by atoms with Crippen molar-refractivity contribution in [2.45, 2.75) is 82.1 Å². The number of nitrogens with one attached hydrogen (secondary N) is 1. The Kier molecular flexibility index (Phi) is 12.2. The first-order valence-electron chi connectivity index (χ1n) is 20.4. The van der Waals surface area contributed by atoms with E-state index in [9.17, 15) is 25.9 Å². The number of aryl methyl sites for hydroxylation is 2. The fourth-order valence-electron chi connectivity index (χ4n) is 8.81. The summed E-state index contributed by atoms with van der Waals surface area (Å²) in [5.41, 5.74) is 9.74. The molecule has 1 saturated carbocycles. The van der Waals surface area contributed by atoms with Crippen LogP contribution < -0.4 is 15.1 Å². The summed E-state index contributed by atoms with van der Waals surface area (Å²) in [6, 6.07) is 39.3. The van der Waals surface area contributed by atoms with Crippen LogP contribution in [0.2, 0.25) is 0 Å². The van der Waals surface area contributed by atoms with Crippen molar-refractivity contribution in [1.29, 1.82) is 0 Å². The topological polar surface area (TPSA) is 127 Å². The number of nitrogens with zero attached hydrogens (tertiary/aromatic N) is 2. The van der Waals surface area contributed by atoms with Crippen LogP contribution >= 0.6 is 0 Å². The normalized spacial score (nSPS) is 16.5. The molecule has 0 saturated heterocycles. The van der Waals surface area contributed by atoms with Crippen molar-refractivity contribution in [3.05, 3.63) is 149 Å². The van der Waals surface area contributed by atoms with Crippen molar-refractivity contribution < 1.29 is 25.9 Å². The van der Waals surface area contributed by atoms with E-state index in [0.29, 0.717) is 18.0 Å². The van der Waals surface area contributed by atoms with Crippen LogP contribution in [0.3, 0.4) is 0 Å². The predicted molar refractivity (Wildman–Crippen MR) is 240 cm³/mol. The Morgan fingerprint density at radius 2 is 1.17 bits per heavy atom. The second-order valence-electron chi connectivity index (χ2n) is 15.7. The van der Waals surface area contributed by atoms with Gasteiger partial charge in [-0.1, -0.05) is 74.4 Å². The minimum absolute atomic E-state index is 0.148. The molecule has 59 heavy (non-hydrogen) atoms. The lowest BCUT2D eigenvalue weighted by molar-refractivity contribution is 0.350. The van der Waals surface area contributed by atoms with Crippen molar-refractivity contribution in [1.82, 2.24) is 0 Å². The Hall–Kier alpha value is -5.20. The summed E-state index contributed by atoms with van der Waals surface area (Å²) in [6.07, 6.45) is 4.48. The van der Waals surface area contributed by atoms with Crippen LogP contribution in [0.5, 0.6) is 0 Å². The minimum Gasteiger partial charge on any atom is -0.382 e. The first-order chi connectivity index (χ1) is 28.2. The molecule has 0 aliphatic heterocycles. The number of fused-ring (bicyclic) bond motifs is 1. The van der Waals surface area contributed by atoms with E-state index in [1.54, 1.807) is 12.1 Å². The molecule has 7 rings (SSSR count). The zero-order chi connectivity index (χ0) is 42.1. The average Bonchev–Trinajstić information content (AvgIpc) is 3.21. The molecule has 1 aliphatic rings. The molecule has 0 amide bonds. The van der Waals surface area contributed by atoms with Crippen LogP contribution in [0.15, 0.2) is 131 Å². The number of anilines is 5. The zero-order valence-electron chi connectivity index (χ0n) is 34.3. The van der Waals surface area contributed by atoms with Crippen LogP contribution in [-0.2, 0) is 20.2 Å². The van der Waals surface area contributed by atoms with E-state index in [-0.39, 0.29) is 21.8 Å². The molecular formula is C48H53N3O6S2. The highest BCUT2D eigenvalue weighted by molar-refractivity contribution is 7.86. The second-order valence-corrected chi connectivity index (χ2v) is 18.6. The van der Waals surface area contributed by atoms with E-state index in [1.807, 2.05) is 26.0 Å². The Balaban J connectivity index is 1.36. The maximum absolute atomic E-state index is 12.5. The van der Waals surface area contributed by atoms with Gasteiger partial charge in [-0.25, -0.2) is 0 Å². The van der Waals surface area contributed by atoms with Crippen LogP contribution in [0.25, 0.3) is 10.8 Å². The first kappa shape index (κ1) is 41.9. The summed E-state index contributed by atoms with van der Waals surface area (Å²) >= 11 is 0. The van der Waals surface area contributed by atoms with Crippen LogP contribution in [0.4, 0.5) is 28.4 Å². The van der Waals surface area contributed by atoms with E-state index >= 15 is 0 Å². The fraction of sp³-hybridized carbons (Fsp3) is 0.292. The Morgan fingerprint density at radius 1 is 0.627 bits per heavy atom. The van der Waals surface area contributed by atoms with Crippen molar-refractivity contribution in [2.75, 3.05) is 28.2 Å². The van der Waals surface area contributed by atoms with E-state index in [1.165, 1.54) is 30.2 Å². The van der Waals surface area contributed by atoms with E-state index < -0.39 is 20.2 Å². The monoisotopic (exact) mass is 831 g/mol. The van der Waals surface area contributed by atoms with Gasteiger partial charge in [0.05, 0.1) is 9.79 Å². The van der Waals surface area contributed by atoms with Gasteiger partial charge in [0, 0.05) is 58.9 Å². The molecule has 3 unspecified atom stereocenters. The third-order valence-corrected chi connectivity index (χ3v) is 13.7. The Labute approximate surface area is 349 Å². The SMILES string of the molecule is CCN(c1ccc(C(c2ccc(N(CC)c3ccc(S(=O)(=O)O)cc3C)cc2)c2ccc(NC3CCCCC3C)c3cc(S(=O)(=O)O)ccc23)cc1)c1ccccc1C. The van der Waals surface area contributed by atoms with Gasteiger partial charge in [0.1, 0.15) is 0 Å². The molecule has 0 heterocycles. The molecular weight excluding hydrogens is 779 g/mol. The molecule has 3 N–H and O–H groups in total. The van der Waals surface area contributed by atoms with E-state index in [0.717, 1.165) is 81.7 Å². The lowest BCUT2D eigenvalue weighted by atomic mass is 9.82. The number of hydrogen-bond acceptors (Lipinski definition) is 7. The molecule has 9 nitrogen and oxygen atoms in total. The van der Waals surface area contributed by atoms with E-state index in [4.69, 9.17) is 0 Å². The van der Waals surface area contributed by atoms with Gasteiger partial charge in [0.2, 0.25) is 0 Å². The summed E-state index contributed by atoms with van der Waals surface area (Å²) in [5, 5.41) is 5.37. The van der Waals surface area contributed by atoms with Crippen molar-refractivity contribution >= 4 is 59.4 Å². The largest absolute Gasteiger partial charge is 0.382 e. The van der Waals surface area contributed by atoms with Gasteiger partial charge in [-0.3, -0.25) is 9.11 Å². The van der Waals surface area contributed by atoms with Gasteiger partial charge >= 0.3 is 0 Å².